The van der Waals surface area contributed by atoms with Crippen molar-refractivity contribution in [1.29, 1.82) is 0 Å². The number of aliphatic hydroxyl groups excluding tert-OH is 1. The number of phenolic OH excluding ortho intramolecular Hbond substituents is 1. The van der Waals surface area contributed by atoms with Crippen LogP contribution in [-0.2, 0) is 4.79 Å². The molecule has 0 bridgehead atoms. The molecule has 0 fully saturated rings. The Balaban J connectivity index is 2.16. The Hall–Kier alpha value is -2.72. The van der Waals surface area contributed by atoms with Crippen LogP contribution in [0.1, 0.15) is 11.1 Å². The maximum atomic E-state index is 11.9. The van der Waals surface area contributed by atoms with E-state index in [1.807, 2.05) is 6.07 Å². The highest BCUT2D eigenvalue weighted by Gasteiger charge is 2.08. The SMILES string of the molecule is COc1cccc(/C=C/C(=O)/C=C(\O)c2cc(Cl)ccc2O)c1. The molecule has 0 spiro atoms. The zero-order valence-electron chi connectivity index (χ0n) is 12.4. The number of aliphatic hydroxyl groups is 1. The van der Waals surface area contributed by atoms with E-state index in [4.69, 9.17) is 16.3 Å². The lowest BCUT2D eigenvalue weighted by atomic mass is 10.1. The third-order valence-electron chi connectivity index (χ3n) is 3.05. The fourth-order valence-corrected chi connectivity index (χ4v) is 2.07. The maximum Gasteiger partial charge on any atom is 0.182 e. The minimum atomic E-state index is -0.426. The van der Waals surface area contributed by atoms with Crippen molar-refractivity contribution in [2.45, 2.75) is 0 Å². The number of allylic oxidation sites excluding steroid dienone is 2. The smallest absolute Gasteiger partial charge is 0.182 e. The van der Waals surface area contributed by atoms with Crippen LogP contribution in [0, 0.1) is 0 Å². The molecular formula is C18H15ClO4. The van der Waals surface area contributed by atoms with Gasteiger partial charge in [-0.2, -0.15) is 0 Å². The van der Waals surface area contributed by atoms with Crippen LogP contribution in [0.2, 0.25) is 5.02 Å². The van der Waals surface area contributed by atoms with Crippen LogP contribution in [0.3, 0.4) is 0 Å². The Labute approximate surface area is 138 Å². The van der Waals surface area contributed by atoms with Gasteiger partial charge in [0.2, 0.25) is 0 Å². The third kappa shape index (κ3) is 4.63. The Morgan fingerprint density at radius 2 is 2.00 bits per heavy atom. The first-order valence-corrected chi connectivity index (χ1v) is 7.13. The first-order valence-electron chi connectivity index (χ1n) is 6.75. The number of halogens is 1. The highest BCUT2D eigenvalue weighted by molar-refractivity contribution is 6.30. The van der Waals surface area contributed by atoms with Crippen LogP contribution in [0.5, 0.6) is 11.5 Å². The van der Waals surface area contributed by atoms with Gasteiger partial charge in [0.25, 0.3) is 0 Å². The second-order valence-corrected chi connectivity index (χ2v) is 5.14. The van der Waals surface area contributed by atoms with Crippen LogP contribution < -0.4 is 4.74 Å². The molecule has 0 radical (unpaired) electrons. The molecule has 0 saturated carbocycles. The van der Waals surface area contributed by atoms with Gasteiger partial charge in [-0.15, -0.1) is 0 Å². The molecule has 0 aliphatic carbocycles. The number of carbonyl (C=O) groups excluding carboxylic acids is 1. The molecule has 5 heteroatoms. The average Bonchev–Trinajstić information content (AvgIpc) is 2.55. The number of aromatic hydroxyl groups is 1. The summed E-state index contributed by atoms with van der Waals surface area (Å²) in [7, 11) is 1.56. The van der Waals surface area contributed by atoms with Crippen LogP contribution in [0.15, 0.2) is 54.6 Å². The molecule has 2 N–H and O–H groups in total. The van der Waals surface area contributed by atoms with Crippen molar-refractivity contribution in [3.05, 3.63) is 70.8 Å². The monoisotopic (exact) mass is 330 g/mol. The highest BCUT2D eigenvalue weighted by Crippen LogP contribution is 2.26. The molecule has 23 heavy (non-hydrogen) atoms. The Morgan fingerprint density at radius 1 is 1.22 bits per heavy atom. The molecule has 2 aromatic rings. The summed E-state index contributed by atoms with van der Waals surface area (Å²) >= 11 is 5.81. The van der Waals surface area contributed by atoms with Gasteiger partial charge in [-0.3, -0.25) is 4.79 Å². The van der Waals surface area contributed by atoms with Gasteiger partial charge in [0.05, 0.1) is 12.7 Å². The maximum absolute atomic E-state index is 11.9. The molecule has 0 amide bonds. The van der Waals surface area contributed by atoms with E-state index in [0.29, 0.717) is 10.8 Å². The molecule has 0 heterocycles. The number of ether oxygens (including phenoxy) is 1. The van der Waals surface area contributed by atoms with E-state index in [9.17, 15) is 15.0 Å². The summed E-state index contributed by atoms with van der Waals surface area (Å²) in [5, 5.41) is 20.0. The fraction of sp³-hybridized carbons (Fsp3) is 0.0556. The number of phenols is 1. The van der Waals surface area contributed by atoms with E-state index in [1.165, 1.54) is 24.3 Å². The minimum absolute atomic E-state index is 0.0978. The van der Waals surface area contributed by atoms with Gasteiger partial charge in [-0.05, 0) is 42.0 Å². The average molecular weight is 331 g/mol. The summed E-state index contributed by atoms with van der Waals surface area (Å²) in [6.07, 6.45) is 3.93. The van der Waals surface area contributed by atoms with Gasteiger partial charge in [-0.1, -0.05) is 29.8 Å². The molecule has 0 aliphatic heterocycles. The molecule has 0 unspecified atom stereocenters. The van der Waals surface area contributed by atoms with E-state index in [2.05, 4.69) is 0 Å². The van der Waals surface area contributed by atoms with Gasteiger partial charge in [0.1, 0.15) is 17.3 Å². The lowest BCUT2D eigenvalue weighted by Gasteiger charge is -2.03. The molecule has 2 aromatic carbocycles. The molecule has 2 rings (SSSR count). The van der Waals surface area contributed by atoms with E-state index < -0.39 is 5.78 Å². The van der Waals surface area contributed by atoms with Crippen LogP contribution >= 0.6 is 11.6 Å². The van der Waals surface area contributed by atoms with E-state index in [0.717, 1.165) is 11.6 Å². The largest absolute Gasteiger partial charge is 0.507 e. The lowest BCUT2D eigenvalue weighted by molar-refractivity contribution is -0.110. The van der Waals surface area contributed by atoms with Gasteiger partial charge < -0.3 is 14.9 Å². The Morgan fingerprint density at radius 3 is 2.74 bits per heavy atom. The van der Waals surface area contributed by atoms with Crippen LogP contribution in [-0.4, -0.2) is 23.1 Å². The van der Waals surface area contributed by atoms with Crippen LogP contribution in [0.25, 0.3) is 11.8 Å². The molecule has 0 aromatic heterocycles. The van der Waals surface area contributed by atoms with Crippen LogP contribution in [0.4, 0.5) is 0 Å². The summed E-state index contributed by atoms with van der Waals surface area (Å²) in [5.74, 6) is -0.260. The molecular weight excluding hydrogens is 316 g/mol. The first kappa shape index (κ1) is 16.6. The van der Waals surface area contributed by atoms with E-state index in [-0.39, 0.29) is 17.1 Å². The molecule has 0 atom stereocenters. The summed E-state index contributed by atoms with van der Waals surface area (Å²) in [6, 6.07) is 11.4. The molecule has 118 valence electrons. The fourth-order valence-electron chi connectivity index (χ4n) is 1.90. The zero-order chi connectivity index (χ0) is 16.8. The van der Waals surface area contributed by atoms with Crippen molar-refractivity contribution in [3.8, 4) is 11.5 Å². The number of methoxy groups -OCH3 is 1. The van der Waals surface area contributed by atoms with E-state index >= 15 is 0 Å². The van der Waals surface area contributed by atoms with Crippen molar-refractivity contribution in [2.75, 3.05) is 7.11 Å². The predicted octanol–water partition coefficient (Wildman–Crippen LogP) is 4.24. The Bertz CT molecular complexity index is 778. The van der Waals surface area contributed by atoms with Crippen molar-refractivity contribution in [2.24, 2.45) is 0 Å². The number of hydrogen-bond acceptors (Lipinski definition) is 4. The first-order chi connectivity index (χ1) is 11.0. The molecule has 0 aliphatic rings. The molecule has 0 saturated heterocycles. The van der Waals surface area contributed by atoms with Gasteiger partial charge in [-0.25, -0.2) is 0 Å². The zero-order valence-corrected chi connectivity index (χ0v) is 13.1. The number of rotatable bonds is 5. The number of hydrogen-bond donors (Lipinski definition) is 2. The quantitative estimate of drug-likeness (QED) is 0.635. The number of carbonyl (C=O) groups is 1. The van der Waals surface area contributed by atoms with E-state index in [1.54, 1.807) is 31.4 Å². The minimum Gasteiger partial charge on any atom is -0.507 e. The predicted molar refractivity (Wildman–Crippen MR) is 90.8 cm³/mol. The summed E-state index contributed by atoms with van der Waals surface area (Å²) < 4.78 is 5.10. The lowest BCUT2D eigenvalue weighted by Crippen LogP contribution is -1.91. The topological polar surface area (TPSA) is 66.8 Å². The second kappa shape index (κ2) is 7.51. The van der Waals surface area contributed by atoms with Gasteiger partial charge in [0, 0.05) is 11.1 Å². The summed E-state index contributed by atoms with van der Waals surface area (Å²) in [6.45, 7) is 0. The normalized spacial score (nSPS) is 11.7. The van der Waals surface area contributed by atoms with Gasteiger partial charge in [0.15, 0.2) is 5.78 Å². The standard InChI is InChI=1S/C18H15ClO4/c1-23-15-4-2-3-12(9-15)5-7-14(20)11-18(22)16-10-13(19)6-8-17(16)21/h2-11,21-22H,1H3/b7-5+,18-11-. The molecule has 4 nitrogen and oxygen atoms in total. The van der Waals surface area contributed by atoms with Crippen molar-refractivity contribution in [1.82, 2.24) is 0 Å². The summed E-state index contributed by atoms with van der Waals surface area (Å²) in [4.78, 5) is 11.9. The highest BCUT2D eigenvalue weighted by atomic mass is 35.5. The van der Waals surface area contributed by atoms with Crippen molar-refractivity contribution in [3.63, 3.8) is 0 Å². The van der Waals surface area contributed by atoms with Crippen molar-refractivity contribution < 1.29 is 19.7 Å². The van der Waals surface area contributed by atoms with Gasteiger partial charge >= 0.3 is 0 Å². The summed E-state index contributed by atoms with van der Waals surface area (Å²) in [5.41, 5.74) is 0.886. The van der Waals surface area contributed by atoms with Crippen molar-refractivity contribution >= 4 is 29.2 Å². The third-order valence-corrected chi connectivity index (χ3v) is 3.28. The Kier molecular flexibility index (Phi) is 5.44. The number of benzene rings is 2. The second-order valence-electron chi connectivity index (χ2n) is 4.70. The number of ketones is 1.